The molecule has 1 atom stereocenters. The van der Waals surface area contributed by atoms with Gasteiger partial charge in [0.15, 0.2) is 12.2 Å². The monoisotopic (exact) mass is 348 g/mol. The van der Waals surface area contributed by atoms with E-state index in [2.05, 4.69) is 51.7 Å². The Morgan fingerprint density at radius 2 is 2.12 bits per heavy atom. The number of hydrogen-bond acceptors (Lipinski definition) is 5. The van der Waals surface area contributed by atoms with E-state index < -0.39 is 0 Å². The van der Waals surface area contributed by atoms with Crippen LogP contribution in [0.25, 0.3) is 22.2 Å². The minimum atomic E-state index is 0.217. The highest BCUT2D eigenvalue weighted by atomic mass is 16.5. The first-order valence-electron chi connectivity index (χ1n) is 8.47. The van der Waals surface area contributed by atoms with Crippen LogP contribution in [0.1, 0.15) is 24.1 Å². The van der Waals surface area contributed by atoms with Crippen molar-refractivity contribution in [3.8, 4) is 17.1 Å². The molecule has 26 heavy (non-hydrogen) atoms. The van der Waals surface area contributed by atoms with E-state index in [4.69, 9.17) is 9.15 Å². The molecule has 4 rings (SSSR count). The van der Waals surface area contributed by atoms with Crippen molar-refractivity contribution >= 4 is 10.9 Å². The van der Waals surface area contributed by atoms with Crippen LogP contribution in [-0.4, -0.2) is 22.3 Å². The van der Waals surface area contributed by atoms with Crippen LogP contribution < -0.4 is 10.1 Å². The molecule has 0 amide bonds. The van der Waals surface area contributed by atoms with Gasteiger partial charge in [-0.1, -0.05) is 12.1 Å². The molecule has 0 aliphatic carbocycles. The van der Waals surface area contributed by atoms with E-state index in [0.717, 1.165) is 34.3 Å². The number of aromatic amines is 1. The van der Waals surface area contributed by atoms with Gasteiger partial charge in [-0.2, -0.15) is 5.10 Å². The molecule has 2 aromatic heterocycles. The molecule has 0 fully saturated rings. The van der Waals surface area contributed by atoms with E-state index in [-0.39, 0.29) is 6.04 Å². The minimum absolute atomic E-state index is 0.217. The largest absolute Gasteiger partial charge is 0.496 e. The number of aromatic nitrogens is 3. The second-order valence-electron chi connectivity index (χ2n) is 6.22. The quantitative estimate of drug-likeness (QED) is 0.549. The summed E-state index contributed by atoms with van der Waals surface area (Å²) in [5, 5.41) is 11.7. The molecule has 0 saturated heterocycles. The maximum Gasteiger partial charge on any atom is 0.181 e. The lowest BCUT2D eigenvalue weighted by atomic mass is 10.1. The summed E-state index contributed by atoms with van der Waals surface area (Å²) in [5.74, 6) is 1.47. The molecular formula is C20H20N4O2. The Kier molecular flexibility index (Phi) is 4.41. The summed E-state index contributed by atoms with van der Waals surface area (Å²) >= 11 is 0. The summed E-state index contributed by atoms with van der Waals surface area (Å²) in [6.45, 7) is 2.89. The van der Waals surface area contributed by atoms with Gasteiger partial charge in [-0.3, -0.25) is 5.10 Å². The van der Waals surface area contributed by atoms with Crippen LogP contribution in [-0.2, 0) is 6.54 Å². The number of fused-ring (bicyclic) bond motifs is 1. The van der Waals surface area contributed by atoms with Gasteiger partial charge >= 0.3 is 0 Å². The molecule has 2 heterocycles. The zero-order chi connectivity index (χ0) is 17.9. The van der Waals surface area contributed by atoms with Crippen molar-refractivity contribution in [2.24, 2.45) is 0 Å². The highest BCUT2D eigenvalue weighted by molar-refractivity contribution is 5.78. The molecule has 0 radical (unpaired) electrons. The number of H-pyrrole nitrogens is 1. The van der Waals surface area contributed by atoms with Crippen molar-refractivity contribution in [3.63, 3.8) is 0 Å². The third-order valence-electron chi connectivity index (χ3n) is 4.54. The fourth-order valence-electron chi connectivity index (χ4n) is 3.02. The second-order valence-corrected chi connectivity index (χ2v) is 6.22. The Labute approximate surface area is 151 Å². The van der Waals surface area contributed by atoms with Crippen LogP contribution in [0.15, 0.2) is 59.6 Å². The van der Waals surface area contributed by atoms with Crippen molar-refractivity contribution in [1.82, 2.24) is 20.5 Å². The topological polar surface area (TPSA) is 76.0 Å². The lowest BCUT2D eigenvalue weighted by Gasteiger charge is -2.15. The van der Waals surface area contributed by atoms with Crippen molar-refractivity contribution in [2.75, 3.05) is 7.11 Å². The normalized spacial score (nSPS) is 12.4. The van der Waals surface area contributed by atoms with Gasteiger partial charge in [0.25, 0.3) is 0 Å². The fraction of sp³-hybridized carbons (Fsp3) is 0.200. The van der Waals surface area contributed by atoms with Crippen molar-refractivity contribution < 1.29 is 9.15 Å². The molecule has 0 bridgehead atoms. The first kappa shape index (κ1) is 16.4. The average Bonchev–Trinajstić information content (AvgIpc) is 3.36. The molecule has 6 heteroatoms. The molecule has 2 aromatic carbocycles. The first-order valence-corrected chi connectivity index (χ1v) is 8.47. The zero-order valence-electron chi connectivity index (χ0n) is 14.7. The zero-order valence-corrected chi connectivity index (χ0v) is 14.7. The third-order valence-corrected chi connectivity index (χ3v) is 4.54. The number of methoxy groups -OCH3 is 1. The minimum Gasteiger partial charge on any atom is -0.496 e. The van der Waals surface area contributed by atoms with Crippen LogP contribution in [0.4, 0.5) is 0 Å². The highest BCUT2D eigenvalue weighted by Crippen LogP contribution is 2.30. The Bertz CT molecular complexity index is 1010. The van der Waals surface area contributed by atoms with Gasteiger partial charge in [0, 0.05) is 18.0 Å². The number of rotatable bonds is 6. The first-order chi connectivity index (χ1) is 12.7. The van der Waals surface area contributed by atoms with Gasteiger partial charge in [0.2, 0.25) is 0 Å². The van der Waals surface area contributed by atoms with Crippen LogP contribution >= 0.6 is 0 Å². The van der Waals surface area contributed by atoms with Crippen LogP contribution in [0.5, 0.6) is 5.75 Å². The molecular weight excluding hydrogens is 328 g/mol. The van der Waals surface area contributed by atoms with Crippen LogP contribution in [0, 0.1) is 0 Å². The molecule has 0 aliphatic rings. The van der Waals surface area contributed by atoms with Crippen LogP contribution in [0.2, 0.25) is 0 Å². The number of oxazole rings is 1. The molecule has 6 nitrogen and oxygen atoms in total. The Morgan fingerprint density at radius 1 is 1.19 bits per heavy atom. The summed E-state index contributed by atoms with van der Waals surface area (Å²) in [6, 6.07) is 12.6. The fourth-order valence-corrected chi connectivity index (χ4v) is 3.02. The van der Waals surface area contributed by atoms with E-state index in [1.54, 1.807) is 13.3 Å². The van der Waals surface area contributed by atoms with E-state index in [9.17, 15) is 0 Å². The number of ether oxygens (including phenoxy) is 1. The molecule has 2 N–H and O–H groups in total. The summed E-state index contributed by atoms with van der Waals surface area (Å²) in [6.07, 6.45) is 4.95. The lowest BCUT2D eigenvalue weighted by Crippen LogP contribution is -2.18. The summed E-state index contributed by atoms with van der Waals surface area (Å²) in [4.78, 5) is 3.97. The Hall–Kier alpha value is -3.12. The SMILES string of the molecule is COc1cc(CNC(C)c2ccc3[nH]ncc3c2)ccc1-c1cnco1. The summed E-state index contributed by atoms with van der Waals surface area (Å²) in [7, 11) is 1.66. The number of nitrogens with one attached hydrogen (secondary N) is 2. The maximum absolute atomic E-state index is 5.51. The van der Waals surface area contributed by atoms with Crippen LogP contribution in [0.3, 0.4) is 0 Å². The summed E-state index contributed by atoms with van der Waals surface area (Å²) < 4.78 is 10.9. The van der Waals surface area contributed by atoms with Gasteiger partial charge < -0.3 is 14.5 Å². The number of nitrogens with zero attached hydrogens (tertiary/aromatic N) is 2. The van der Waals surface area contributed by atoms with Crippen molar-refractivity contribution in [2.45, 2.75) is 19.5 Å². The van der Waals surface area contributed by atoms with Gasteiger partial charge in [0.05, 0.1) is 30.6 Å². The van der Waals surface area contributed by atoms with Crippen molar-refractivity contribution in [1.29, 1.82) is 0 Å². The predicted octanol–water partition coefficient (Wildman–Crippen LogP) is 4.08. The van der Waals surface area contributed by atoms with E-state index in [0.29, 0.717) is 5.76 Å². The molecule has 0 saturated carbocycles. The van der Waals surface area contributed by atoms with Crippen molar-refractivity contribution in [3.05, 3.63) is 66.3 Å². The standard InChI is InChI=1S/C20H20N4O2/c1-13(15-4-6-18-16(8-15)10-23-24-18)22-9-14-3-5-17(19(7-14)25-2)20-11-21-12-26-20/h3-8,10-13,22H,9H2,1-2H3,(H,23,24). The maximum atomic E-state index is 5.51. The average molecular weight is 348 g/mol. The molecule has 1 unspecified atom stereocenters. The second kappa shape index (κ2) is 7.01. The van der Waals surface area contributed by atoms with E-state index in [1.807, 2.05) is 18.3 Å². The predicted molar refractivity (Wildman–Crippen MR) is 99.8 cm³/mol. The molecule has 0 aliphatic heterocycles. The Morgan fingerprint density at radius 3 is 2.92 bits per heavy atom. The molecule has 132 valence electrons. The lowest BCUT2D eigenvalue weighted by molar-refractivity contribution is 0.413. The van der Waals surface area contributed by atoms with Gasteiger partial charge in [-0.25, -0.2) is 4.98 Å². The van der Waals surface area contributed by atoms with E-state index >= 15 is 0 Å². The molecule has 0 spiro atoms. The van der Waals surface area contributed by atoms with Gasteiger partial charge in [-0.15, -0.1) is 0 Å². The number of benzene rings is 2. The summed E-state index contributed by atoms with van der Waals surface area (Å²) in [5.41, 5.74) is 4.31. The highest BCUT2D eigenvalue weighted by Gasteiger charge is 2.11. The molecule has 4 aromatic rings. The van der Waals surface area contributed by atoms with Gasteiger partial charge in [-0.05, 0) is 42.3 Å². The Balaban J connectivity index is 1.48. The van der Waals surface area contributed by atoms with E-state index in [1.165, 1.54) is 12.0 Å². The smallest absolute Gasteiger partial charge is 0.181 e. The third kappa shape index (κ3) is 3.19. The van der Waals surface area contributed by atoms with Gasteiger partial charge in [0.1, 0.15) is 5.75 Å². The number of hydrogen-bond donors (Lipinski definition) is 2.